The molecule has 0 unspecified atom stereocenters. The van der Waals surface area contributed by atoms with Gasteiger partial charge >= 0.3 is 0 Å². The Balaban J connectivity index is 4.06. The third kappa shape index (κ3) is 3.55. The largest absolute Gasteiger partial charge is 0.384 e. The molecule has 0 rings (SSSR count). The maximum Gasteiger partial charge on any atom is 0.0540 e. The molecule has 74 valence electrons. The number of ether oxygens (including phenoxy) is 2. The van der Waals surface area contributed by atoms with Crippen LogP contribution < -0.4 is 0 Å². The molecule has 0 amide bonds. The molecule has 2 nitrogen and oxygen atoms in total. The van der Waals surface area contributed by atoms with Crippen LogP contribution in [0.4, 0.5) is 0 Å². The highest BCUT2D eigenvalue weighted by molar-refractivity contribution is 4.76. The molecule has 0 saturated heterocycles. The first-order valence-corrected chi connectivity index (χ1v) is 4.72. The van der Waals surface area contributed by atoms with E-state index in [1.807, 2.05) is 0 Å². The van der Waals surface area contributed by atoms with Crippen molar-refractivity contribution < 1.29 is 9.47 Å². The summed E-state index contributed by atoms with van der Waals surface area (Å²) in [5, 5.41) is 0. The monoisotopic (exact) mass is 174 g/mol. The van der Waals surface area contributed by atoms with E-state index < -0.39 is 0 Å². The molecule has 0 aromatic carbocycles. The molecule has 2 heteroatoms. The van der Waals surface area contributed by atoms with Gasteiger partial charge in [-0.25, -0.2) is 0 Å². The van der Waals surface area contributed by atoms with Gasteiger partial charge < -0.3 is 9.47 Å². The van der Waals surface area contributed by atoms with Crippen LogP contribution in [0.25, 0.3) is 0 Å². The van der Waals surface area contributed by atoms with Crippen LogP contribution in [-0.2, 0) is 9.47 Å². The smallest absolute Gasteiger partial charge is 0.0540 e. The Labute approximate surface area is 76.3 Å². The van der Waals surface area contributed by atoms with Gasteiger partial charge in [-0.1, -0.05) is 20.3 Å². The van der Waals surface area contributed by atoms with Crippen molar-refractivity contribution >= 4 is 0 Å². The Morgan fingerprint density at radius 3 is 1.75 bits per heavy atom. The minimum Gasteiger partial charge on any atom is -0.384 e. The van der Waals surface area contributed by atoms with E-state index in [1.165, 1.54) is 12.8 Å². The molecular formula is C10H22O2. The zero-order valence-electron chi connectivity index (χ0n) is 8.85. The molecule has 0 aromatic heterocycles. The second-order valence-electron chi connectivity index (χ2n) is 3.47. The van der Waals surface area contributed by atoms with Gasteiger partial charge in [0.15, 0.2) is 0 Å². The van der Waals surface area contributed by atoms with E-state index in [0.717, 1.165) is 19.6 Å². The Kier molecular flexibility index (Phi) is 6.39. The van der Waals surface area contributed by atoms with Crippen LogP contribution in [0.3, 0.4) is 0 Å². The Bertz CT molecular complexity index is 85.0. The van der Waals surface area contributed by atoms with Crippen LogP contribution in [0.15, 0.2) is 0 Å². The van der Waals surface area contributed by atoms with Gasteiger partial charge in [0.1, 0.15) is 0 Å². The Morgan fingerprint density at radius 2 is 1.50 bits per heavy atom. The van der Waals surface area contributed by atoms with Crippen molar-refractivity contribution in [2.45, 2.75) is 33.1 Å². The highest BCUT2D eigenvalue weighted by atomic mass is 16.5. The quantitative estimate of drug-likeness (QED) is 0.590. The molecule has 0 heterocycles. The molecule has 0 aliphatic rings. The summed E-state index contributed by atoms with van der Waals surface area (Å²) in [6.45, 7) is 6.03. The van der Waals surface area contributed by atoms with E-state index >= 15 is 0 Å². The number of methoxy groups -OCH3 is 2. The number of rotatable bonds is 7. The van der Waals surface area contributed by atoms with Crippen molar-refractivity contribution in [3.05, 3.63) is 0 Å². The maximum absolute atomic E-state index is 5.22. The van der Waals surface area contributed by atoms with Crippen LogP contribution in [0.1, 0.15) is 33.1 Å². The Morgan fingerprint density at radius 1 is 1.00 bits per heavy atom. The molecular weight excluding hydrogens is 152 g/mol. The molecule has 0 aliphatic carbocycles. The van der Waals surface area contributed by atoms with Crippen LogP contribution in [-0.4, -0.2) is 27.4 Å². The van der Waals surface area contributed by atoms with Gasteiger partial charge in [0.25, 0.3) is 0 Å². The van der Waals surface area contributed by atoms with E-state index in [4.69, 9.17) is 9.47 Å². The number of hydrogen-bond acceptors (Lipinski definition) is 2. The lowest BCUT2D eigenvalue weighted by Gasteiger charge is -2.30. The van der Waals surface area contributed by atoms with Crippen LogP contribution in [0.5, 0.6) is 0 Å². The van der Waals surface area contributed by atoms with Gasteiger partial charge in [0.05, 0.1) is 13.2 Å². The minimum absolute atomic E-state index is 0.248. The third-order valence-corrected chi connectivity index (χ3v) is 2.43. The van der Waals surface area contributed by atoms with Gasteiger partial charge in [-0.05, 0) is 12.8 Å². The topological polar surface area (TPSA) is 18.5 Å². The molecule has 0 aliphatic heterocycles. The zero-order valence-corrected chi connectivity index (χ0v) is 8.85. The van der Waals surface area contributed by atoms with Crippen molar-refractivity contribution in [1.82, 2.24) is 0 Å². The predicted octanol–water partition coefficient (Wildman–Crippen LogP) is 2.48. The molecule has 12 heavy (non-hydrogen) atoms. The van der Waals surface area contributed by atoms with Gasteiger partial charge in [0.2, 0.25) is 0 Å². The van der Waals surface area contributed by atoms with Gasteiger partial charge in [-0.2, -0.15) is 0 Å². The van der Waals surface area contributed by atoms with Crippen molar-refractivity contribution in [3.8, 4) is 0 Å². The summed E-state index contributed by atoms with van der Waals surface area (Å²) < 4.78 is 10.4. The van der Waals surface area contributed by atoms with Crippen LogP contribution in [0, 0.1) is 5.41 Å². The van der Waals surface area contributed by atoms with Gasteiger partial charge in [-0.15, -0.1) is 0 Å². The van der Waals surface area contributed by atoms with E-state index in [9.17, 15) is 0 Å². The normalized spacial score (nSPS) is 12.0. The van der Waals surface area contributed by atoms with Crippen LogP contribution >= 0.6 is 0 Å². The molecule has 0 saturated carbocycles. The van der Waals surface area contributed by atoms with Crippen molar-refractivity contribution in [1.29, 1.82) is 0 Å². The fourth-order valence-electron chi connectivity index (χ4n) is 1.71. The Hall–Kier alpha value is -0.0800. The highest BCUT2D eigenvalue weighted by Crippen LogP contribution is 2.28. The summed E-state index contributed by atoms with van der Waals surface area (Å²) in [4.78, 5) is 0. The van der Waals surface area contributed by atoms with Crippen molar-refractivity contribution in [2.75, 3.05) is 27.4 Å². The van der Waals surface area contributed by atoms with Crippen LogP contribution in [0.2, 0.25) is 0 Å². The first kappa shape index (κ1) is 11.9. The molecule has 0 spiro atoms. The van der Waals surface area contributed by atoms with E-state index in [-0.39, 0.29) is 5.41 Å². The summed E-state index contributed by atoms with van der Waals surface area (Å²) in [5.41, 5.74) is 0.248. The second-order valence-corrected chi connectivity index (χ2v) is 3.47. The molecule has 0 aromatic rings. The maximum atomic E-state index is 5.22. The zero-order chi connectivity index (χ0) is 9.45. The lowest BCUT2D eigenvalue weighted by atomic mass is 9.82. The summed E-state index contributed by atoms with van der Waals surface area (Å²) in [6.07, 6.45) is 3.51. The average molecular weight is 174 g/mol. The summed E-state index contributed by atoms with van der Waals surface area (Å²) in [7, 11) is 3.52. The van der Waals surface area contributed by atoms with Gasteiger partial charge in [-0.3, -0.25) is 0 Å². The molecule has 0 fully saturated rings. The van der Waals surface area contributed by atoms with E-state index in [1.54, 1.807) is 14.2 Å². The standard InChI is InChI=1S/C10H22O2/c1-5-7-10(6-2,8-11-3)9-12-4/h5-9H2,1-4H3. The van der Waals surface area contributed by atoms with E-state index in [0.29, 0.717) is 0 Å². The molecule has 0 atom stereocenters. The molecule has 0 N–H and O–H groups in total. The SMILES string of the molecule is CCCC(CC)(COC)COC. The second kappa shape index (κ2) is 6.44. The third-order valence-electron chi connectivity index (χ3n) is 2.43. The van der Waals surface area contributed by atoms with Crippen molar-refractivity contribution in [3.63, 3.8) is 0 Å². The first-order valence-electron chi connectivity index (χ1n) is 4.72. The predicted molar refractivity (Wildman–Crippen MR) is 51.4 cm³/mol. The number of hydrogen-bond donors (Lipinski definition) is 0. The fraction of sp³-hybridized carbons (Fsp3) is 1.00. The summed E-state index contributed by atoms with van der Waals surface area (Å²) in [6, 6.07) is 0. The first-order chi connectivity index (χ1) is 5.74. The summed E-state index contributed by atoms with van der Waals surface area (Å²) >= 11 is 0. The minimum atomic E-state index is 0.248. The average Bonchev–Trinajstić information content (AvgIpc) is 2.06. The molecule has 0 bridgehead atoms. The highest BCUT2D eigenvalue weighted by Gasteiger charge is 2.26. The lowest BCUT2D eigenvalue weighted by molar-refractivity contribution is 0.00135. The fourth-order valence-corrected chi connectivity index (χ4v) is 1.71. The lowest BCUT2D eigenvalue weighted by Crippen LogP contribution is -2.30. The summed E-state index contributed by atoms with van der Waals surface area (Å²) in [5.74, 6) is 0. The van der Waals surface area contributed by atoms with Gasteiger partial charge in [0, 0.05) is 19.6 Å². The van der Waals surface area contributed by atoms with Crippen molar-refractivity contribution in [2.24, 2.45) is 5.41 Å². The van der Waals surface area contributed by atoms with E-state index in [2.05, 4.69) is 13.8 Å². The molecule has 0 radical (unpaired) electrons.